The highest BCUT2D eigenvalue weighted by Crippen LogP contribution is 2.17. The molecule has 0 aliphatic carbocycles. The third-order valence-corrected chi connectivity index (χ3v) is 2.45. The number of hydrogen-bond donors (Lipinski definition) is 0. The number of imidazole rings is 1. The van der Waals surface area contributed by atoms with Gasteiger partial charge in [-0.05, 0) is 12.5 Å². The Morgan fingerprint density at radius 2 is 2.07 bits per heavy atom. The summed E-state index contributed by atoms with van der Waals surface area (Å²) in [6, 6.07) is 12.4. The molecule has 0 spiro atoms. The molecule has 0 amide bonds. The van der Waals surface area contributed by atoms with E-state index in [0.717, 1.165) is 0 Å². The highest BCUT2D eigenvalue weighted by Gasteiger charge is 2.07. The van der Waals surface area contributed by atoms with E-state index in [0.29, 0.717) is 5.69 Å². The number of benzene rings is 1. The Balaban J connectivity index is 2.29. The highest BCUT2D eigenvalue weighted by atomic mass is 15.1. The molecule has 74 valence electrons. The van der Waals surface area contributed by atoms with Gasteiger partial charge in [0.25, 0.3) is 0 Å². The van der Waals surface area contributed by atoms with Crippen molar-refractivity contribution in [1.82, 2.24) is 9.55 Å². The molecule has 1 atom stereocenters. The Morgan fingerprint density at radius 3 is 2.67 bits per heavy atom. The van der Waals surface area contributed by atoms with Gasteiger partial charge >= 0.3 is 0 Å². The number of rotatable bonds is 2. The Bertz CT molecular complexity index is 479. The van der Waals surface area contributed by atoms with Crippen LogP contribution in [0.3, 0.4) is 0 Å². The standard InChI is InChI=1S/C12H11N3/c1-10(11-5-3-2-4-6-11)15-8-12(7-13)14-9-15/h2-6,8-10H,1H3. The second-order valence-electron chi connectivity index (χ2n) is 3.40. The summed E-state index contributed by atoms with van der Waals surface area (Å²) in [5.74, 6) is 0. The van der Waals surface area contributed by atoms with Gasteiger partial charge in [-0.15, -0.1) is 0 Å². The van der Waals surface area contributed by atoms with E-state index in [1.807, 2.05) is 28.8 Å². The maximum Gasteiger partial charge on any atom is 0.158 e. The lowest BCUT2D eigenvalue weighted by atomic mass is 10.1. The summed E-state index contributed by atoms with van der Waals surface area (Å²) in [4.78, 5) is 3.98. The van der Waals surface area contributed by atoms with Crippen LogP contribution in [-0.2, 0) is 0 Å². The van der Waals surface area contributed by atoms with Crippen LogP contribution in [0.5, 0.6) is 0 Å². The van der Waals surface area contributed by atoms with Crippen LogP contribution in [0.15, 0.2) is 42.9 Å². The monoisotopic (exact) mass is 197 g/mol. The molecule has 3 nitrogen and oxygen atoms in total. The van der Waals surface area contributed by atoms with Crippen molar-refractivity contribution < 1.29 is 0 Å². The number of hydrogen-bond acceptors (Lipinski definition) is 2. The van der Waals surface area contributed by atoms with Crippen molar-refractivity contribution in [2.75, 3.05) is 0 Å². The predicted octanol–water partition coefficient (Wildman–Crippen LogP) is 2.36. The van der Waals surface area contributed by atoms with Crippen molar-refractivity contribution in [3.8, 4) is 6.07 Å². The zero-order valence-electron chi connectivity index (χ0n) is 8.46. The van der Waals surface area contributed by atoms with Crippen molar-refractivity contribution in [3.63, 3.8) is 0 Å². The Hall–Kier alpha value is -2.08. The molecule has 0 saturated carbocycles. The summed E-state index contributed by atoms with van der Waals surface area (Å²) in [5, 5.41) is 8.68. The van der Waals surface area contributed by atoms with Crippen molar-refractivity contribution in [2.45, 2.75) is 13.0 Å². The van der Waals surface area contributed by atoms with Gasteiger partial charge < -0.3 is 4.57 Å². The molecular weight excluding hydrogens is 186 g/mol. The average Bonchev–Trinajstić information content (AvgIpc) is 2.78. The Labute approximate surface area is 88.6 Å². The van der Waals surface area contributed by atoms with Crippen LogP contribution in [0.2, 0.25) is 0 Å². The molecule has 0 aliphatic heterocycles. The number of aromatic nitrogens is 2. The van der Waals surface area contributed by atoms with E-state index in [9.17, 15) is 0 Å². The minimum absolute atomic E-state index is 0.209. The van der Waals surface area contributed by atoms with Gasteiger partial charge in [0, 0.05) is 6.20 Å². The first-order valence-electron chi connectivity index (χ1n) is 4.80. The molecule has 0 radical (unpaired) electrons. The van der Waals surface area contributed by atoms with Gasteiger partial charge in [0.1, 0.15) is 6.07 Å². The van der Waals surface area contributed by atoms with Crippen LogP contribution in [0.4, 0.5) is 0 Å². The van der Waals surface area contributed by atoms with E-state index in [1.54, 1.807) is 12.5 Å². The molecule has 1 unspecified atom stereocenters. The summed E-state index contributed by atoms with van der Waals surface area (Å²) >= 11 is 0. The predicted molar refractivity (Wildman–Crippen MR) is 57.2 cm³/mol. The molecular formula is C12H11N3. The molecule has 1 aromatic heterocycles. The second kappa shape index (κ2) is 3.97. The fraction of sp³-hybridized carbons (Fsp3) is 0.167. The molecule has 2 rings (SSSR count). The lowest BCUT2D eigenvalue weighted by Crippen LogP contribution is -2.03. The van der Waals surface area contributed by atoms with Crippen LogP contribution >= 0.6 is 0 Å². The third-order valence-electron chi connectivity index (χ3n) is 2.45. The lowest BCUT2D eigenvalue weighted by Gasteiger charge is -2.12. The Kier molecular flexibility index (Phi) is 2.51. The quantitative estimate of drug-likeness (QED) is 0.741. The summed E-state index contributed by atoms with van der Waals surface area (Å²) in [6.07, 6.45) is 3.45. The first-order chi connectivity index (χ1) is 7.31. The van der Waals surface area contributed by atoms with Crippen molar-refractivity contribution >= 4 is 0 Å². The minimum Gasteiger partial charge on any atom is -0.329 e. The van der Waals surface area contributed by atoms with Crippen LogP contribution in [-0.4, -0.2) is 9.55 Å². The maximum atomic E-state index is 8.68. The second-order valence-corrected chi connectivity index (χ2v) is 3.40. The van der Waals surface area contributed by atoms with E-state index < -0.39 is 0 Å². The van der Waals surface area contributed by atoms with E-state index in [1.165, 1.54) is 5.56 Å². The highest BCUT2D eigenvalue weighted by molar-refractivity contribution is 5.22. The molecule has 0 aliphatic rings. The summed E-state index contributed by atoms with van der Waals surface area (Å²) < 4.78 is 1.94. The van der Waals surface area contributed by atoms with Gasteiger partial charge in [-0.2, -0.15) is 5.26 Å². The molecule has 1 heterocycles. The fourth-order valence-corrected chi connectivity index (χ4v) is 1.51. The zero-order chi connectivity index (χ0) is 10.7. The van der Waals surface area contributed by atoms with Gasteiger partial charge in [0.05, 0.1) is 12.4 Å². The van der Waals surface area contributed by atoms with Gasteiger partial charge in [0.15, 0.2) is 5.69 Å². The van der Waals surface area contributed by atoms with Crippen molar-refractivity contribution in [3.05, 3.63) is 54.1 Å². The molecule has 0 N–H and O–H groups in total. The molecule has 0 fully saturated rings. The van der Waals surface area contributed by atoms with Crippen LogP contribution in [0.1, 0.15) is 24.2 Å². The van der Waals surface area contributed by atoms with Crippen LogP contribution in [0.25, 0.3) is 0 Å². The minimum atomic E-state index is 0.209. The van der Waals surface area contributed by atoms with Crippen LogP contribution in [0, 0.1) is 11.3 Å². The number of nitriles is 1. The summed E-state index contributed by atoms with van der Waals surface area (Å²) in [6.45, 7) is 2.08. The topological polar surface area (TPSA) is 41.6 Å². The third kappa shape index (κ3) is 1.89. The Morgan fingerprint density at radius 1 is 1.33 bits per heavy atom. The first kappa shape index (κ1) is 9.47. The first-order valence-corrected chi connectivity index (χ1v) is 4.80. The van der Waals surface area contributed by atoms with Crippen LogP contribution < -0.4 is 0 Å². The van der Waals surface area contributed by atoms with Gasteiger partial charge in [-0.3, -0.25) is 0 Å². The molecule has 0 bridgehead atoms. The van der Waals surface area contributed by atoms with E-state index in [-0.39, 0.29) is 6.04 Å². The summed E-state index contributed by atoms with van der Waals surface area (Å²) in [7, 11) is 0. The molecule has 0 saturated heterocycles. The average molecular weight is 197 g/mol. The summed E-state index contributed by atoms with van der Waals surface area (Å²) in [5.41, 5.74) is 1.66. The lowest BCUT2D eigenvalue weighted by molar-refractivity contribution is 0.638. The van der Waals surface area contributed by atoms with Gasteiger partial charge in [-0.25, -0.2) is 4.98 Å². The van der Waals surface area contributed by atoms with E-state index in [2.05, 4.69) is 24.0 Å². The molecule has 1 aromatic carbocycles. The van der Waals surface area contributed by atoms with Gasteiger partial charge in [-0.1, -0.05) is 30.3 Å². The number of nitrogens with zero attached hydrogens (tertiary/aromatic N) is 3. The van der Waals surface area contributed by atoms with E-state index in [4.69, 9.17) is 5.26 Å². The molecule has 3 heteroatoms. The van der Waals surface area contributed by atoms with E-state index >= 15 is 0 Å². The van der Waals surface area contributed by atoms with Crippen molar-refractivity contribution in [2.24, 2.45) is 0 Å². The zero-order valence-corrected chi connectivity index (χ0v) is 8.46. The largest absolute Gasteiger partial charge is 0.329 e. The van der Waals surface area contributed by atoms with Crippen molar-refractivity contribution in [1.29, 1.82) is 5.26 Å². The van der Waals surface area contributed by atoms with Gasteiger partial charge in [0.2, 0.25) is 0 Å². The molecule has 15 heavy (non-hydrogen) atoms. The SMILES string of the molecule is CC(c1ccccc1)n1cnc(C#N)c1. The fourth-order valence-electron chi connectivity index (χ4n) is 1.51. The smallest absolute Gasteiger partial charge is 0.158 e. The normalized spacial score (nSPS) is 12.0. The maximum absolute atomic E-state index is 8.68. The molecule has 2 aromatic rings.